The van der Waals surface area contributed by atoms with Crippen LogP contribution in [0.25, 0.3) is 0 Å². The average molecular weight is 437 g/mol. The lowest BCUT2D eigenvalue weighted by Gasteiger charge is -2.31. The topological polar surface area (TPSA) is 58.6 Å². The Kier molecular flexibility index (Phi) is 8.32. The van der Waals surface area contributed by atoms with Gasteiger partial charge in [0.1, 0.15) is 11.8 Å². The van der Waals surface area contributed by atoms with E-state index in [2.05, 4.69) is 11.4 Å². The second-order valence-corrected chi connectivity index (χ2v) is 9.06. The van der Waals surface area contributed by atoms with E-state index in [-0.39, 0.29) is 24.5 Å². The summed E-state index contributed by atoms with van der Waals surface area (Å²) in [7, 11) is 0. The monoisotopic (exact) mass is 436 g/mol. The van der Waals surface area contributed by atoms with Crippen LogP contribution in [0.3, 0.4) is 0 Å². The van der Waals surface area contributed by atoms with Crippen molar-refractivity contribution < 1.29 is 14.3 Å². The lowest BCUT2D eigenvalue weighted by atomic mass is 9.95. The first-order valence-corrected chi connectivity index (χ1v) is 11.7. The van der Waals surface area contributed by atoms with Gasteiger partial charge in [0.2, 0.25) is 5.91 Å². The molecule has 1 saturated carbocycles. The number of amides is 2. The normalized spacial score (nSPS) is 15.1. The van der Waals surface area contributed by atoms with E-state index in [0.717, 1.165) is 42.4 Å². The predicted octanol–water partition coefficient (Wildman–Crippen LogP) is 4.86. The minimum absolute atomic E-state index is 0.0934. The van der Waals surface area contributed by atoms with Crippen LogP contribution in [0.2, 0.25) is 0 Å². The van der Waals surface area contributed by atoms with Crippen LogP contribution in [0.1, 0.15) is 61.3 Å². The number of aryl methyl sites for hydroxylation is 3. The van der Waals surface area contributed by atoms with E-state index in [0.29, 0.717) is 12.3 Å². The molecule has 1 N–H and O–H groups in total. The Morgan fingerprint density at radius 2 is 1.78 bits per heavy atom. The quantitative estimate of drug-likeness (QED) is 0.643. The van der Waals surface area contributed by atoms with Crippen LogP contribution in [-0.4, -0.2) is 35.4 Å². The van der Waals surface area contributed by atoms with Gasteiger partial charge in [-0.1, -0.05) is 55.2 Å². The number of ether oxygens (including phenoxy) is 1. The van der Waals surface area contributed by atoms with Crippen molar-refractivity contribution in [2.45, 2.75) is 78.4 Å². The van der Waals surface area contributed by atoms with Crippen LogP contribution < -0.4 is 10.1 Å². The third kappa shape index (κ3) is 6.59. The van der Waals surface area contributed by atoms with Gasteiger partial charge in [0.25, 0.3) is 5.91 Å². The second kappa shape index (κ2) is 11.2. The van der Waals surface area contributed by atoms with Gasteiger partial charge in [-0.25, -0.2) is 0 Å². The summed E-state index contributed by atoms with van der Waals surface area (Å²) in [4.78, 5) is 27.9. The van der Waals surface area contributed by atoms with Crippen molar-refractivity contribution in [3.63, 3.8) is 0 Å². The number of hydrogen-bond donors (Lipinski definition) is 1. The molecule has 0 aromatic heterocycles. The second-order valence-electron chi connectivity index (χ2n) is 9.06. The molecule has 1 unspecified atom stereocenters. The summed E-state index contributed by atoms with van der Waals surface area (Å²) in [5.41, 5.74) is 4.42. The number of hydrogen-bond acceptors (Lipinski definition) is 3. The van der Waals surface area contributed by atoms with Crippen molar-refractivity contribution >= 4 is 11.8 Å². The van der Waals surface area contributed by atoms with E-state index in [1.54, 1.807) is 4.90 Å². The van der Waals surface area contributed by atoms with Crippen LogP contribution in [0.5, 0.6) is 5.75 Å². The summed E-state index contributed by atoms with van der Waals surface area (Å²) in [5, 5.41) is 3.16. The van der Waals surface area contributed by atoms with Gasteiger partial charge in [-0.05, 0) is 69.4 Å². The fourth-order valence-electron chi connectivity index (χ4n) is 4.19. The van der Waals surface area contributed by atoms with Crippen molar-refractivity contribution in [3.05, 3.63) is 64.7 Å². The smallest absolute Gasteiger partial charge is 0.261 e. The molecule has 1 fully saturated rings. The third-order valence-electron chi connectivity index (χ3n) is 6.39. The molecule has 1 aliphatic carbocycles. The van der Waals surface area contributed by atoms with Gasteiger partial charge in [0, 0.05) is 12.6 Å². The summed E-state index contributed by atoms with van der Waals surface area (Å²) in [6.07, 6.45) is 5.56. The molecule has 1 aliphatic rings. The number of benzene rings is 2. The van der Waals surface area contributed by atoms with Crippen LogP contribution in [0, 0.1) is 20.8 Å². The zero-order valence-electron chi connectivity index (χ0n) is 19.8. The molecule has 2 amide bonds. The SMILES string of the molecule is Cc1cccc(CN(C(=O)COc2ccc(C)c(C)c2)C(C)C(=O)NC2CCCCC2)c1. The molecule has 5 nitrogen and oxygen atoms in total. The van der Waals surface area contributed by atoms with E-state index in [1.165, 1.54) is 12.0 Å². The zero-order valence-corrected chi connectivity index (χ0v) is 19.8. The minimum Gasteiger partial charge on any atom is -0.484 e. The summed E-state index contributed by atoms with van der Waals surface area (Å²) >= 11 is 0. The molecule has 172 valence electrons. The Morgan fingerprint density at radius 3 is 2.47 bits per heavy atom. The number of nitrogens with one attached hydrogen (secondary N) is 1. The van der Waals surface area contributed by atoms with Crippen LogP contribution in [-0.2, 0) is 16.1 Å². The van der Waals surface area contributed by atoms with Crippen molar-refractivity contribution in [1.82, 2.24) is 10.2 Å². The van der Waals surface area contributed by atoms with Crippen LogP contribution in [0.4, 0.5) is 0 Å². The number of carbonyl (C=O) groups is 2. The summed E-state index contributed by atoms with van der Waals surface area (Å²) in [6, 6.07) is 13.5. The largest absolute Gasteiger partial charge is 0.484 e. The summed E-state index contributed by atoms with van der Waals surface area (Å²) in [5.74, 6) is 0.372. The highest BCUT2D eigenvalue weighted by Gasteiger charge is 2.28. The summed E-state index contributed by atoms with van der Waals surface area (Å²) in [6.45, 7) is 8.16. The number of rotatable bonds is 8. The molecule has 2 aromatic carbocycles. The first kappa shape index (κ1) is 23.8. The standard InChI is InChI=1S/C27H36N2O3/c1-19-9-8-10-23(15-19)17-29(22(4)27(31)28-24-11-6-5-7-12-24)26(30)18-32-25-14-13-20(2)21(3)16-25/h8-10,13-16,22,24H,5-7,11-12,17-18H2,1-4H3,(H,28,31). The Morgan fingerprint density at radius 1 is 1.03 bits per heavy atom. The maximum absolute atomic E-state index is 13.2. The minimum atomic E-state index is -0.576. The molecule has 2 aromatic rings. The van der Waals surface area contributed by atoms with Gasteiger partial charge >= 0.3 is 0 Å². The molecule has 0 aliphatic heterocycles. The van der Waals surface area contributed by atoms with E-state index in [4.69, 9.17) is 4.74 Å². The van der Waals surface area contributed by atoms with Gasteiger partial charge in [0.15, 0.2) is 6.61 Å². The molecular formula is C27H36N2O3. The maximum atomic E-state index is 13.2. The van der Waals surface area contributed by atoms with Crippen molar-refractivity contribution in [1.29, 1.82) is 0 Å². The van der Waals surface area contributed by atoms with Gasteiger partial charge in [0.05, 0.1) is 0 Å². The molecule has 0 radical (unpaired) electrons. The molecule has 1 atom stereocenters. The van der Waals surface area contributed by atoms with Gasteiger partial charge in [-0.2, -0.15) is 0 Å². The Bertz CT molecular complexity index is 934. The highest BCUT2D eigenvalue weighted by Crippen LogP contribution is 2.19. The van der Waals surface area contributed by atoms with Crippen molar-refractivity contribution in [2.24, 2.45) is 0 Å². The highest BCUT2D eigenvalue weighted by molar-refractivity contribution is 5.88. The van der Waals surface area contributed by atoms with E-state index >= 15 is 0 Å². The first-order chi connectivity index (χ1) is 15.3. The van der Waals surface area contributed by atoms with Crippen molar-refractivity contribution in [3.8, 4) is 5.75 Å². The lowest BCUT2D eigenvalue weighted by molar-refractivity contribution is -0.142. The lowest BCUT2D eigenvalue weighted by Crippen LogP contribution is -2.51. The van der Waals surface area contributed by atoms with E-state index in [1.807, 2.05) is 64.1 Å². The molecule has 0 bridgehead atoms. The van der Waals surface area contributed by atoms with Gasteiger partial charge < -0.3 is 15.0 Å². The van der Waals surface area contributed by atoms with Gasteiger partial charge in [-0.15, -0.1) is 0 Å². The predicted molar refractivity (Wildman–Crippen MR) is 128 cm³/mol. The molecule has 5 heteroatoms. The fraction of sp³-hybridized carbons (Fsp3) is 0.481. The molecule has 0 saturated heterocycles. The summed E-state index contributed by atoms with van der Waals surface area (Å²) < 4.78 is 5.80. The molecule has 0 heterocycles. The number of nitrogens with zero attached hydrogens (tertiary/aromatic N) is 1. The molecule has 0 spiro atoms. The average Bonchev–Trinajstić information content (AvgIpc) is 2.78. The maximum Gasteiger partial charge on any atom is 0.261 e. The Labute approximate surface area is 192 Å². The molecule has 32 heavy (non-hydrogen) atoms. The Hall–Kier alpha value is -2.82. The highest BCUT2D eigenvalue weighted by atomic mass is 16.5. The van der Waals surface area contributed by atoms with Crippen molar-refractivity contribution in [2.75, 3.05) is 6.61 Å². The van der Waals surface area contributed by atoms with Crippen LogP contribution >= 0.6 is 0 Å². The van der Waals surface area contributed by atoms with Crippen LogP contribution in [0.15, 0.2) is 42.5 Å². The third-order valence-corrected chi connectivity index (χ3v) is 6.39. The van der Waals surface area contributed by atoms with Gasteiger partial charge in [-0.3, -0.25) is 9.59 Å². The van der Waals surface area contributed by atoms with E-state index in [9.17, 15) is 9.59 Å². The van der Waals surface area contributed by atoms with E-state index < -0.39 is 6.04 Å². The first-order valence-electron chi connectivity index (χ1n) is 11.7. The fourth-order valence-corrected chi connectivity index (χ4v) is 4.19. The zero-order chi connectivity index (χ0) is 23.1. The Balaban J connectivity index is 1.71. The number of carbonyl (C=O) groups excluding carboxylic acids is 2. The molecule has 3 rings (SSSR count). The molecular weight excluding hydrogens is 400 g/mol.